The Morgan fingerprint density at radius 1 is 0.432 bits per heavy atom. The van der Waals surface area contributed by atoms with E-state index in [1.54, 1.807) is 68.6 Å². The van der Waals surface area contributed by atoms with Gasteiger partial charge in [-0.25, -0.2) is 34.9 Å². The van der Waals surface area contributed by atoms with Crippen LogP contribution in [0.2, 0.25) is 0 Å². The third-order valence-electron chi connectivity index (χ3n) is 22.0. The second-order valence-electron chi connectivity index (χ2n) is 36.0. The van der Waals surface area contributed by atoms with E-state index in [1.165, 1.54) is 37.3 Å². The molecular weight excluding hydrogens is 1750 g/mol. The number of hydrogen-bond acceptors (Lipinski definition) is 31. The Hall–Kier alpha value is -6.84. The standard InChI is InChI=1S/C16H26N5O4P.C16H25N4O4P.C16H24N3O3PS.C15H24N5O4P.C15H23N4O3PS.CH4/c1-20(2)16-18-13-10(14(24)19-16)17-8-21(13)15-12(23)11(22)9(25-15)6-7-26(3,4)5;1-9-18-14-11(15(23)19(9)2)17-8-20(14)16-13(22)12(21)10(24-16)6-7-25(3,4)5;1-9-17-14-10(15(24)18-9)5-7-19(14)16-13(21)12(20)11(22-16)6-8-23(2,3)4;1-16-15-18-12-9(13(23)19-15)17-7-20(12)14-11(22)10(21)8(24-14)5-6-25(2,3)4;1-8-17-13-10(14(24)18-8)16-7-19(13)15-12(21)11(20)9(22-15)5-6-23(2,3)4;/h8-9,11-12,15,22-23H,3,6-7H2,1-2,4-5H3,(H,18,19,24);8,10,12-13,16,21-22H,3,6-7H2,1-2,4-5H3;5,7,11-13,16,20-21H,2,6,8H2,1,3-4H3,(H,17,18,24);7-8,10-11,14,21-22H,2,5-6H2,1,3-4H3,(H2,16,18,19,23);7,9,11-12,15,20-21H,2,5-6H2,1,3-4H3,(H,17,18,24);1H4/t9-,11-,12-,15-;10-,12-,13-,16-;11-,12-,13-,16-;8-,10-,11-,14-;9-,11-,12-,15-;/m11111./s1. The number of hydrogen-bond donors (Lipinski definition) is 15. The number of nitrogens with one attached hydrogen (secondary N) is 5. The summed E-state index contributed by atoms with van der Waals surface area (Å²) in [6.45, 7) is 20.4. The number of fused-ring (bicyclic) bond motifs is 5. The van der Waals surface area contributed by atoms with Gasteiger partial charge in [-0.15, -0.1) is 65.9 Å². The van der Waals surface area contributed by atoms with E-state index in [4.69, 9.17) is 48.1 Å². The fraction of sp³-hybridized carbons (Fsp3) is 0.608. The topological polar surface area (TPSA) is 524 Å². The molecule has 692 valence electrons. The van der Waals surface area contributed by atoms with Crippen LogP contribution < -0.4 is 26.9 Å². The van der Waals surface area contributed by atoms with Gasteiger partial charge in [0.15, 0.2) is 69.3 Å². The highest BCUT2D eigenvalue weighted by molar-refractivity contribution is 7.73. The fourth-order valence-corrected chi connectivity index (χ4v) is 20.2. The SMILES string of the molecule is C.C=P(C)(C)CC[C@H]1O[C@@H](n2ccc3c(=S)nc(C)[nH]c32)[C@H](O)[C@@H]1O.C=P(C)(C)CC[C@H]1O[C@@H](n2cnc3c(=O)[nH]c(N(C)C)nc32)[C@H](O)[C@@H]1O.C=P(C)(C)CC[C@H]1O[C@@H](n2cnc3c(=O)[nH]c(NC)nc32)[C@H](O)[C@@H]1O.C=P(C)(C)CC[C@H]1O[C@@H](n2cnc3c(=O)n(C)c(C)nc32)[C@H](O)[C@@H]1O.C=P(C)(C)CC[C@H]1O[C@@H](n2cnc3c(=S)nc(C)[nH]c32)[C@H](O)[C@@H]1O. The summed E-state index contributed by atoms with van der Waals surface area (Å²) >= 11 is 10.5. The van der Waals surface area contributed by atoms with Gasteiger partial charge in [-0.2, -0.15) is 9.97 Å². The van der Waals surface area contributed by atoms with Crippen LogP contribution in [0.15, 0.2) is 52.0 Å². The van der Waals surface area contributed by atoms with Crippen molar-refractivity contribution in [3.8, 4) is 0 Å². The molecular formula is C79H126N21O18P5S2. The first-order chi connectivity index (χ1) is 57.7. The molecule has 20 atom stereocenters. The monoisotopic (exact) mass is 1880 g/mol. The smallest absolute Gasteiger partial charge is 0.281 e. The molecule has 5 aliphatic heterocycles. The van der Waals surface area contributed by atoms with Gasteiger partial charge < -0.3 is 99.5 Å². The van der Waals surface area contributed by atoms with E-state index in [1.807, 2.05) is 13.0 Å². The summed E-state index contributed by atoms with van der Waals surface area (Å²) in [7, 11) is 6.78. The van der Waals surface area contributed by atoms with Crippen LogP contribution in [0.25, 0.3) is 55.7 Å². The molecule has 46 heteroatoms. The van der Waals surface area contributed by atoms with Crippen molar-refractivity contribution < 1.29 is 74.7 Å². The second kappa shape index (κ2) is 39.9. The zero-order valence-electron chi connectivity index (χ0n) is 73.1. The summed E-state index contributed by atoms with van der Waals surface area (Å²) in [6.07, 6.45) is 19.5. The lowest BCUT2D eigenvalue weighted by molar-refractivity contribution is -0.0353. The molecule has 0 saturated carbocycles. The largest absolute Gasteiger partial charge is 0.388 e. The summed E-state index contributed by atoms with van der Waals surface area (Å²) in [6, 6.07) is 1.85. The van der Waals surface area contributed by atoms with E-state index in [0.717, 1.165) is 41.8 Å². The summed E-state index contributed by atoms with van der Waals surface area (Å²) in [4.78, 5) is 87.7. The highest BCUT2D eigenvalue weighted by Gasteiger charge is 2.49. The number of rotatable bonds is 22. The van der Waals surface area contributed by atoms with E-state index in [-0.39, 0.29) is 52.3 Å². The molecule has 10 aromatic heterocycles. The summed E-state index contributed by atoms with van der Waals surface area (Å²) in [5.41, 5.74) is 2.38. The third kappa shape index (κ3) is 23.3. The zero-order chi connectivity index (χ0) is 91.4. The maximum atomic E-state index is 12.3. The van der Waals surface area contributed by atoms with E-state index in [2.05, 4.69) is 168 Å². The fourth-order valence-electron chi connectivity index (χ4n) is 14.9. The van der Waals surface area contributed by atoms with Gasteiger partial charge in [0.1, 0.15) is 100.0 Å². The highest BCUT2D eigenvalue weighted by atomic mass is 32.1. The maximum Gasteiger partial charge on any atom is 0.281 e. The van der Waals surface area contributed by atoms with E-state index in [0.29, 0.717) is 87.3 Å². The van der Waals surface area contributed by atoms with Crippen molar-refractivity contribution in [1.82, 2.24) is 92.2 Å². The van der Waals surface area contributed by atoms with Crippen molar-refractivity contribution in [3.63, 3.8) is 0 Å². The Morgan fingerprint density at radius 2 is 0.752 bits per heavy atom. The minimum absolute atomic E-state index is 0. The van der Waals surface area contributed by atoms with Gasteiger partial charge in [0.25, 0.3) is 16.7 Å². The maximum absolute atomic E-state index is 12.3. The Balaban J connectivity index is 0.000000163. The zero-order valence-corrected chi connectivity index (χ0v) is 79.2. The average Bonchev–Trinajstić information content (AvgIpc) is 1.62. The van der Waals surface area contributed by atoms with Crippen LogP contribution in [0.1, 0.15) is 88.1 Å². The van der Waals surface area contributed by atoms with Crippen LogP contribution in [-0.4, -0.2) is 385 Å². The van der Waals surface area contributed by atoms with E-state index >= 15 is 0 Å². The molecule has 10 aromatic rings. The number of aliphatic hydroxyl groups is 10. The number of imidazole rings is 4. The van der Waals surface area contributed by atoms with Crippen molar-refractivity contribution in [2.75, 3.05) is 129 Å². The number of aliphatic hydroxyl groups excluding tert-OH is 10. The van der Waals surface area contributed by atoms with Gasteiger partial charge in [0, 0.05) is 34.4 Å². The molecule has 0 bridgehead atoms. The van der Waals surface area contributed by atoms with E-state index in [9.17, 15) is 65.4 Å². The lowest BCUT2D eigenvalue weighted by Crippen LogP contribution is -2.32. The summed E-state index contributed by atoms with van der Waals surface area (Å²) in [5, 5.41) is 108. The highest BCUT2D eigenvalue weighted by Crippen LogP contribution is 2.46. The lowest BCUT2D eigenvalue weighted by Gasteiger charge is -2.19. The van der Waals surface area contributed by atoms with Gasteiger partial charge in [0.2, 0.25) is 11.9 Å². The van der Waals surface area contributed by atoms with Crippen molar-refractivity contribution in [3.05, 3.63) is 95.4 Å². The van der Waals surface area contributed by atoms with Crippen molar-refractivity contribution in [2.24, 2.45) is 7.05 Å². The van der Waals surface area contributed by atoms with Crippen molar-refractivity contribution in [1.29, 1.82) is 0 Å². The first-order valence-electron chi connectivity index (χ1n) is 40.4. The number of aromatic amines is 4. The number of H-pyrrole nitrogens is 4. The molecule has 15 heterocycles. The number of aryl methyl sites for hydroxylation is 3. The van der Waals surface area contributed by atoms with Gasteiger partial charge in [-0.3, -0.25) is 47.2 Å². The molecule has 15 N–H and O–H groups in total. The van der Waals surface area contributed by atoms with Crippen molar-refractivity contribution >= 4 is 158 Å². The molecule has 0 radical (unpaired) electrons. The quantitative estimate of drug-likeness (QED) is 0.0334. The summed E-state index contributed by atoms with van der Waals surface area (Å²) in [5.74, 6) is 2.54. The van der Waals surface area contributed by atoms with Crippen molar-refractivity contribution in [2.45, 2.75) is 183 Å². The Labute approximate surface area is 735 Å². The molecule has 5 saturated heterocycles. The molecule has 0 aromatic carbocycles. The molecule has 5 fully saturated rings. The molecule has 39 nitrogen and oxygen atoms in total. The second-order valence-corrected chi connectivity index (χ2v) is 58.4. The van der Waals surface area contributed by atoms with E-state index < -0.39 is 157 Å². The molecule has 15 rings (SSSR count). The van der Waals surface area contributed by atoms with Gasteiger partial charge in [-0.05, 0) is 156 Å². The Morgan fingerprint density at radius 3 is 1.13 bits per heavy atom. The summed E-state index contributed by atoms with van der Waals surface area (Å²) < 4.78 is 40.0. The number of anilines is 2. The van der Waals surface area contributed by atoms with Crippen LogP contribution in [0, 0.1) is 30.1 Å². The molecule has 125 heavy (non-hydrogen) atoms. The van der Waals surface area contributed by atoms with Crippen LogP contribution in [-0.2, 0) is 30.7 Å². The number of ether oxygens (including phenoxy) is 5. The Kier molecular flexibility index (Phi) is 32.0. The predicted octanol–water partition coefficient (Wildman–Crippen LogP) is 4.21. The first-order valence-corrected chi connectivity index (χ1v) is 56.5. The third-order valence-corrected chi connectivity index (χ3v) is 29.9. The minimum atomic E-state index is -1.26. The number of aromatic nitrogens is 19. The minimum Gasteiger partial charge on any atom is -0.388 e. The Bertz CT molecular complexity index is 5930. The molecule has 0 unspecified atom stereocenters. The normalized spacial score (nSPS) is 27.1. The van der Waals surface area contributed by atoms with Gasteiger partial charge in [0.05, 0.1) is 61.2 Å². The van der Waals surface area contributed by atoms with Gasteiger partial charge in [-0.1, -0.05) is 31.9 Å². The van der Waals surface area contributed by atoms with Crippen LogP contribution >= 0.6 is 58.9 Å². The molecule has 0 amide bonds. The van der Waals surface area contributed by atoms with Crippen LogP contribution in [0.3, 0.4) is 0 Å². The van der Waals surface area contributed by atoms with Gasteiger partial charge >= 0.3 is 0 Å². The number of nitrogens with zero attached hydrogens (tertiary/aromatic N) is 16. The first kappa shape index (κ1) is 100. The molecule has 5 aliphatic rings. The predicted molar refractivity (Wildman–Crippen MR) is 508 cm³/mol. The van der Waals surface area contributed by atoms with Crippen LogP contribution in [0.4, 0.5) is 11.9 Å². The molecule has 0 aliphatic carbocycles. The average molecular weight is 1880 g/mol. The molecule has 0 spiro atoms. The lowest BCUT2D eigenvalue weighted by atomic mass is 10.1. The van der Waals surface area contributed by atoms with Crippen LogP contribution in [0.5, 0.6) is 0 Å².